The lowest BCUT2D eigenvalue weighted by Gasteiger charge is -2.19. The molecular weight excluding hydrogens is 509 g/mol. The van der Waals surface area contributed by atoms with E-state index in [1.807, 2.05) is 12.1 Å². The molecule has 2 aromatic rings. The Labute approximate surface area is 207 Å². The van der Waals surface area contributed by atoms with Crippen LogP contribution in [0.5, 0.6) is 0 Å². The highest BCUT2D eigenvalue weighted by atomic mass is 19.4. The number of hydrogen-bond donors (Lipinski definition) is 2. The van der Waals surface area contributed by atoms with Gasteiger partial charge in [0.1, 0.15) is 5.69 Å². The van der Waals surface area contributed by atoms with Gasteiger partial charge in [-0.15, -0.1) is 0 Å². The molecule has 0 saturated carbocycles. The molecule has 2 aliphatic heterocycles. The van der Waals surface area contributed by atoms with Gasteiger partial charge in [0.25, 0.3) is 12.3 Å². The molecule has 202 valence electrons. The third kappa shape index (κ3) is 7.44. The zero-order chi connectivity index (χ0) is 27.3. The van der Waals surface area contributed by atoms with Gasteiger partial charge in [0.2, 0.25) is 5.91 Å². The molecule has 3 atom stereocenters. The summed E-state index contributed by atoms with van der Waals surface area (Å²) in [6.45, 7) is 1.16. The third-order valence-corrected chi connectivity index (χ3v) is 5.76. The fraction of sp³-hybridized carbons (Fsp3) is 0.500. The minimum absolute atomic E-state index is 0.0706. The van der Waals surface area contributed by atoms with Gasteiger partial charge in [-0.1, -0.05) is 6.07 Å². The Bertz CT molecular complexity index is 1100. The van der Waals surface area contributed by atoms with Crippen molar-refractivity contribution in [2.24, 2.45) is 13.0 Å². The number of fused-ring (bicyclic) bond motifs is 1. The van der Waals surface area contributed by atoms with Gasteiger partial charge in [0.05, 0.1) is 24.2 Å². The number of rotatable bonds is 6. The molecule has 2 aromatic heterocycles. The topological polar surface area (TPSA) is 127 Å². The maximum absolute atomic E-state index is 13.2. The number of pyridine rings is 1. The van der Waals surface area contributed by atoms with E-state index < -0.39 is 30.2 Å². The van der Waals surface area contributed by atoms with Crippen molar-refractivity contribution in [1.29, 1.82) is 0 Å². The molecule has 2 aliphatic rings. The van der Waals surface area contributed by atoms with E-state index in [0.717, 1.165) is 5.56 Å². The van der Waals surface area contributed by atoms with Crippen LogP contribution in [-0.2, 0) is 27.9 Å². The van der Waals surface area contributed by atoms with Gasteiger partial charge in [-0.2, -0.15) is 18.3 Å². The normalized spacial score (nSPS) is 20.8. The van der Waals surface area contributed by atoms with E-state index in [-0.39, 0.29) is 36.0 Å². The lowest BCUT2D eigenvalue weighted by atomic mass is 10.0. The molecule has 0 spiro atoms. The Kier molecular flexibility index (Phi) is 8.78. The molecule has 0 unspecified atom stereocenters. The van der Waals surface area contributed by atoms with Gasteiger partial charge in [-0.25, -0.2) is 13.6 Å². The van der Waals surface area contributed by atoms with Crippen molar-refractivity contribution in [3.63, 3.8) is 0 Å². The summed E-state index contributed by atoms with van der Waals surface area (Å²) in [5, 5.41) is 13.7. The minimum Gasteiger partial charge on any atom is -0.475 e. The average molecular weight is 533 g/mol. The Morgan fingerprint density at radius 3 is 2.54 bits per heavy atom. The van der Waals surface area contributed by atoms with Crippen molar-refractivity contribution in [2.75, 3.05) is 13.1 Å². The van der Waals surface area contributed by atoms with E-state index in [4.69, 9.17) is 14.6 Å². The van der Waals surface area contributed by atoms with Crippen LogP contribution >= 0.6 is 0 Å². The summed E-state index contributed by atoms with van der Waals surface area (Å²) in [6.07, 6.45) is -2.68. The van der Waals surface area contributed by atoms with Gasteiger partial charge < -0.3 is 20.1 Å². The zero-order valence-electron chi connectivity index (χ0n) is 19.5. The molecule has 2 fully saturated rings. The number of alkyl halides is 5. The summed E-state index contributed by atoms with van der Waals surface area (Å²) in [5.74, 6) is -3.22. The number of carbonyl (C=O) groups is 3. The number of likely N-dealkylation sites (tertiary alicyclic amines) is 1. The number of ether oxygens (including phenoxy) is 1. The number of halogens is 5. The first-order chi connectivity index (χ1) is 17.3. The summed E-state index contributed by atoms with van der Waals surface area (Å²) in [5.41, 5.74) is 0.352. The second-order valence-electron chi connectivity index (χ2n) is 8.55. The lowest BCUT2D eigenvalue weighted by Crippen LogP contribution is -2.33. The Hall–Kier alpha value is -3.62. The van der Waals surface area contributed by atoms with Crippen LogP contribution in [0.2, 0.25) is 0 Å². The van der Waals surface area contributed by atoms with Crippen molar-refractivity contribution in [3.8, 4) is 0 Å². The van der Waals surface area contributed by atoms with E-state index >= 15 is 0 Å². The number of amides is 2. The first-order valence-electron chi connectivity index (χ1n) is 11.1. The Morgan fingerprint density at radius 1 is 1.27 bits per heavy atom. The largest absolute Gasteiger partial charge is 0.490 e. The van der Waals surface area contributed by atoms with Crippen LogP contribution in [-0.4, -0.2) is 74.0 Å². The van der Waals surface area contributed by atoms with Crippen LogP contribution in [0.25, 0.3) is 0 Å². The molecule has 0 radical (unpaired) electrons. The fourth-order valence-corrected chi connectivity index (χ4v) is 4.14. The van der Waals surface area contributed by atoms with Gasteiger partial charge in [-0.3, -0.25) is 19.3 Å². The van der Waals surface area contributed by atoms with E-state index in [0.29, 0.717) is 26.1 Å². The Balaban J connectivity index is 0.000000479. The number of aliphatic carboxylic acids is 1. The standard InChI is InChI=1S/C20H23F2N5O3.C2HF3O2/c1-26-10-15(18(25-26)19(21)22)20(29)27-9-13-5-14(30-16(13)11-27)6-17(28)24-8-12-3-2-4-23-7-12;3-2(4,5)1(6)7/h2-4,7,10,13-14,16,19H,5-6,8-9,11H2,1H3,(H,24,28);(H,6,7)/t13-,14-,16+;/m0./s1. The summed E-state index contributed by atoms with van der Waals surface area (Å²) >= 11 is 0. The smallest absolute Gasteiger partial charge is 0.475 e. The number of nitrogens with one attached hydrogen (secondary N) is 1. The predicted molar refractivity (Wildman–Crippen MR) is 115 cm³/mol. The molecule has 2 amide bonds. The molecule has 0 aliphatic carbocycles. The molecule has 10 nitrogen and oxygen atoms in total. The van der Waals surface area contributed by atoms with E-state index in [9.17, 15) is 31.5 Å². The van der Waals surface area contributed by atoms with Crippen molar-refractivity contribution in [2.45, 2.75) is 44.2 Å². The molecule has 0 bridgehead atoms. The molecular formula is C22H24F5N5O5. The van der Waals surface area contributed by atoms with Crippen molar-refractivity contribution >= 4 is 17.8 Å². The predicted octanol–water partition coefficient (Wildman–Crippen LogP) is 2.32. The molecule has 15 heteroatoms. The number of carbonyl (C=O) groups excluding carboxylic acids is 2. The number of hydrogen-bond acceptors (Lipinski definition) is 6. The third-order valence-electron chi connectivity index (χ3n) is 5.76. The second kappa shape index (κ2) is 11.6. The van der Waals surface area contributed by atoms with Gasteiger partial charge in [0.15, 0.2) is 0 Å². The van der Waals surface area contributed by atoms with Crippen molar-refractivity contribution in [3.05, 3.63) is 47.5 Å². The zero-order valence-corrected chi connectivity index (χ0v) is 19.5. The van der Waals surface area contributed by atoms with Gasteiger partial charge >= 0.3 is 12.1 Å². The SMILES string of the molecule is Cn1cc(C(=O)N2C[C@@H]3C[C@@H](CC(=O)NCc4cccnc4)O[C@@H]3C2)c(C(F)F)n1.O=C(O)C(F)(F)F. The van der Waals surface area contributed by atoms with Crippen LogP contribution in [0.3, 0.4) is 0 Å². The summed E-state index contributed by atoms with van der Waals surface area (Å²) in [4.78, 5) is 39.4. The summed E-state index contributed by atoms with van der Waals surface area (Å²) < 4.78 is 65.2. The number of carboxylic acids is 1. The van der Waals surface area contributed by atoms with Crippen LogP contribution < -0.4 is 5.32 Å². The highest BCUT2D eigenvalue weighted by molar-refractivity contribution is 5.95. The number of carboxylic acid groups (broad SMARTS) is 1. The average Bonchev–Trinajstić information content (AvgIpc) is 3.50. The van der Waals surface area contributed by atoms with E-state index in [1.165, 1.54) is 22.8 Å². The van der Waals surface area contributed by atoms with Crippen molar-refractivity contribution in [1.82, 2.24) is 25.0 Å². The second-order valence-corrected chi connectivity index (χ2v) is 8.55. The van der Waals surface area contributed by atoms with Crippen LogP contribution in [0.15, 0.2) is 30.7 Å². The number of nitrogens with zero attached hydrogens (tertiary/aromatic N) is 4. The number of aryl methyl sites for hydroxylation is 1. The van der Waals surface area contributed by atoms with Crippen LogP contribution in [0, 0.1) is 5.92 Å². The molecule has 4 heterocycles. The van der Waals surface area contributed by atoms with Gasteiger partial charge in [-0.05, 0) is 18.1 Å². The van der Waals surface area contributed by atoms with Crippen LogP contribution in [0.4, 0.5) is 22.0 Å². The first kappa shape index (κ1) is 28.0. The highest BCUT2D eigenvalue weighted by Gasteiger charge is 2.44. The minimum atomic E-state index is -5.08. The molecule has 2 saturated heterocycles. The number of aromatic nitrogens is 3. The highest BCUT2D eigenvalue weighted by Crippen LogP contribution is 2.35. The summed E-state index contributed by atoms with van der Waals surface area (Å²) in [7, 11) is 1.51. The van der Waals surface area contributed by atoms with Crippen molar-refractivity contribution < 1.29 is 46.2 Å². The maximum atomic E-state index is 13.2. The lowest BCUT2D eigenvalue weighted by molar-refractivity contribution is -0.192. The monoisotopic (exact) mass is 533 g/mol. The molecule has 37 heavy (non-hydrogen) atoms. The van der Waals surface area contributed by atoms with E-state index in [2.05, 4.69) is 15.4 Å². The van der Waals surface area contributed by atoms with E-state index in [1.54, 1.807) is 12.4 Å². The molecule has 2 N–H and O–H groups in total. The Morgan fingerprint density at radius 2 is 1.97 bits per heavy atom. The fourth-order valence-electron chi connectivity index (χ4n) is 4.14. The van der Waals surface area contributed by atoms with Crippen LogP contribution in [0.1, 0.15) is 40.9 Å². The summed E-state index contributed by atoms with van der Waals surface area (Å²) in [6, 6.07) is 3.70. The quantitative estimate of drug-likeness (QED) is 0.546. The van der Waals surface area contributed by atoms with Gasteiger partial charge in [0, 0.05) is 51.2 Å². The molecule has 0 aromatic carbocycles. The maximum Gasteiger partial charge on any atom is 0.490 e. The first-order valence-corrected chi connectivity index (χ1v) is 11.1. The molecule has 4 rings (SSSR count).